The van der Waals surface area contributed by atoms with Crippen LogP contribution in [0.15, 0.2) is 61.3 Å². The van der Waals surface area contributed by atoms with Crippen LogP contribution in [0.5, 0.6) is 0 Å². The van der Waals surface area contributed by atoms with Crippen molar-refractivity contribution in [2.75, 3.05) is 23.7 Å². The van der Waals surface area contributed by atoms with Crippen LogP contribution in [0.2, 0.25) is 0 Å². The Kier molecular flexibility index (Phi) is 5.20. The summed E-state index contributed by atoms with van der Waals surface area (Å²) in [5, 5.41) is 9.42. The zero-order valence-corrected chi connectivity index (χ0v) is 20.5. The number of allylic oxidation sites excluding steroid dienone is 1. The molecule has 0 spiro atoms. The van der Waals surface area contributed by atoms with Gasteiger partial charge in [-0.1, -0.05) is 30.3 Å². The van der Waals surface area contributed by atoms with E-state index in [4.69, 9.17) is 10.8 Å². The number of aryl methyl sites for hydroxylation is 1. The van der Waals surface area contributed by atoms with Gasteiger partial charge in [-0.3, -0.25) is 4.68 Å². The number of rotatable bonds is 5. The number of fused-ring (bicyclic) bond motifs is 2. The SMILES string of the molecule is Nc1ncnn2c(-c3cnc(N4CCCC4)nc3)cc(C3=Cc4nn(Cc5ccccc5)cc4CC3)c12. The van der Waals surface area contributed by atoms with Crippen molar-refractivity contribution < 1.29 is 0 Å². The molecule has 5 heterocycles. The Labute approximate surface area is 214 Å². The minimum atomic E-state index is 0.451. The Balaban J connectivity index is 1.26. The molecule has 0 unspecified atom stereocenters. The molecule has 1 aromatic carbocycles. The van der Waals surface area contributed by atoms with Gasteiger partial charge in [-0.25, -0.2) is 19.5 Å². The normalized spacial score (nSPS) is 15.2. The van der Waals surface area contributed by atoms with Gasteiger partial charge in [0.1, 0.15) is 11.8 Å². The van der Waals surface area contributed by atoms with E-state index in [1.165, 1.54) is 35.9 Å². The van der Waals surface area contributed by atoms with Crippen molar-refractivity contribution in [3.8, 4) is 11.3 Å². The summed E-state index contributed by atoms with van der Waals surface area (Å²) >= 11 is 0. The molecule has 2 N–H and O–H groups in total. The number of anilines is 2. The van der Waals surface area contributed by atoms with Crippen LogP contribution < -0.4 is 10.6 Å². The molecule has 9 nitrogen and oxygen atoms in total. The molecule has 0 saturated carbocycles. The highest BCUT2D eigenvalue weighted by molar-refractivity contribution is 5.95. The number of aromatic nitrogens is 7. The largest absolute Gasteiger partial charge is 0.382 e. The highest BCUT2D eigenvalue weighted by atomic mass is 15.3. The highest BCUT2D eigenvalue weighted by Crippen LogP contribution is 2.37. The third kappa shape index (κ3) is 3.92. The van der Waals surface area contributed by atoms with Gasteiger partial charge in [-0.05, 0) is 54.5 Å². The Morgan fingerprint density at radius 2 is 1.76 bits per heavy atom. The van der Waals surface area contributed by atoms with Gasteiger partial charge in [0.15, 0.2) is 5.82 Å². The number of hydrogen-bond acceptors (Lipinski definition) is 7. The summed E-state index contributed by atoms with van der Waals surface area (Å²) in [7, 11) is 0. The number of nitrogens with zero attached hydrogens (tertiary/aromatic N) is 8. The molecule has 1 saturated heterocycles. The third-order valence-electron chi connectivity index (χ3n) is 7.28. The van der Waals surface area contributed by atoms with Crippen molar-refractivity contribution in [2.45, 2.75) is 32.2 Å². The van der Waals surface area contributed by atoms with Crippen LogP contribution in [-0.4, -0.2) is 47.4 Å². The first-order chi connectivity index (χ1) is 18.2. The molecule has 0 bridgehead atoms. The number of nitrogen functional groups attached to an aromatic ring is 1. The number of nitrogens with two attached hydrogens (primary N) is 1. The number of benzene rings is 1. The zero-order valence-electron chi connectivity index (χ0n) is 20.5. The summed E-state index contributed by atoms with van der Waals surface area (Å²) < 4.78 is 3.88. The fraction of sp³-hybridized carbons (Fsp3) is 0.250. The van der Waals surface area contributed by atoms with Crippen LogP contribution in [0.3, 0.4) is 0 Å². The maximum Gasteiger partial charge on any atom is 0.225 e. The lowest BCUT2D eigenvalue weighted by molar-refractivity contribution is 0.684. The molecule has 7 rings (SSSR count). The Morgan fingerprint density at radius 1 is 0.946 bits per heavy atom. The minimum Gasteiger partial charge on any atom is -0.382 e. The van der Waals surface area contributed by atoms with Crippen LogP contribution in [0, 0.1) is 0 Å². The van der Waals surface area contributed by atoms with Crippen LogP contribution in [0.25, 0.3) is 28.4 Å². The standard InChI is InChI=1S/C28H27N9/c29-27-26-23(20-8-9-21-17-36(34-24(21)12-20)16-19-6-2-1-3-7-19)13-25(37(26)33-18-32-27)22-14-30-28(31-15-22)35-10-4-5-11-35/h1-3,6-7,12-15,17-18H,4-5,8-11,16H2,(H2,29,32,33). The second kappa shape index (κ2) is 8.85. The molecule has 2 aliphatic rings. The molecule has 9 heteroatoms. The van der Waals surface area contributed by atoms with Gasteiger partial charge in [0, 0.05) is 42.8 Å². The summed E-state index contributed by atoms with van der Waals surface area (Å²) in [4.78, 5) is 15.8. The Bertz CT molecular complexity index is 1610. The second-order valence-electron chi connectivity index (χ2n) is 9.71. The van der Waals surface area contributed by atoms with Gasteiger partial charge < -0.3 is 10.6 Å². The first-order valence-corrected chi connectivity index (χ1v) is 12.7. The van der Waals surface area contributed by atoms with Crippen molar-refractivity contribution in [3.63, 3.8) is 0 Å². The van der Waals surface area contributed by atoms with E-state index in [1.807, 2.05) is 27.7 Å². The van der Waals surface area contributed by atoms with Gasteiger partial charge in [-0.15, -0.1) is 0 Å². The average Bonchev–Trinajstić information content (AvgIpc) is 3.68. The molecule has 1 aliphatic heterocycles. The fourth-order valence-electron chi connectivity index (χ4n) is 5.41. The maximum atomic E-state index is 6.39. The van der Waals surface area contributed by atoms with Gasteiger partial charge in [-0.2, -0.15) is 10.2 Å². The van der Waals surface area contributed by atoms with Gasteiger partial charge in [0.2, 0.25) is 5.95 Å². The summed E-state index contributed by atoms with van der Waals surface area (Å²) in [6, 6.07) is 12.5. The Morgan fingerprint density at radius 3 is 2.57 bits per heavy atom. The van der Waals surface area contributed by atoms with E-state index < -0.39 is 0 Å². The Hall–Kier alpha value is -4.53. The third-order valence-corrected chi connectivity index (χ3v) is 7.28. The van der Waals surface area contributed by atoms with E-state index >= 15 is 0 Å². The molecule has 184 valence electrons. The molecule has 0 amide bonds. The van der Waals surface area contributed by atoms with Crippen molar-refractivity contribution in [3.05, 3.63) is 83.7 Å². The van der Waals surface area contributed by atoms with Gasteiger partial charge in [0.05, 0.1) is 17.9 Å². The lowest BCUT2D eigenvalue weighted by Crippen LogP contribution is -2.20. The van der Waals surface area contributed by atoms with Crippen molar-refractivity contribution in [2.24, 2.45) is 0 Å². The molecular formula is C28H27N9. The minimum absolute atomic E-state index is 0.451. The van der Waals surface area contributed by atoms with E-state index in [0.29, 0.717) is 5.82 Å². The van der Waals surface area contributed by atoms with Crippen LogP contribution >= 0.6 is 0 Å². The van der Waals surface area contributed by atoms with E-state index in [-0.39, 0.29) is 0 Å². The van der Waals surface area contributed by atoms with Gasteiger partial charge in [0.25, 0.3) is 0 Å². The topological polar surface area (TPSA) is 103 Å². The summed E-state index contributed by atoms with van der Waals surface area (Å²) in [5.74, 6) is 1.23. The molecule has 0 atom stereocenters. The molecule has 4 aromatic heterocycles. The van der Waals surface area contributed by atoms with Crippen molar-refractivity contribution >= 4 is 28.9 Å². The monoisotopic (exact) mass is 489 g/mol. The van der Waals surface area contributed by atoms with Crippen molar-refractivity contribution in [1.82, 2.24) is 34.3 Å². The lowest BCUT2D eigenvalue weighted by atomic mass is 9.93. The zero-order chi connectivity index (χ0) is 24.8. The van der Waals surface area contributed by atoms with Crippen LogP contribution in [-0.2, 0) is 13.0 Å². The molecule has 37 heavy (non-hydrogen) atoms. The number of hydrogen-bond donors (Lipinski definition) is 1. The molecule has 0 radical (unpaired) electrons. The van der Waals surface area contributed by atoms with Crippen molar-refractivity contribution in [1.29, 1.82) is 0 Å². The van der Waals surface area contributed by atoms with Gasteiger partial charge >= 0.3 is 0 Å². The van der Waals surface area contributed by atoms with E-state index in [1.54, 1.807) is 0 Å². The lowest BCUT2D eigenvalue weighted by Gasteiger charge is -2.14. The van der Waals surface area contributed by atoms with E-state index in [2.05, 4.69) is 67.6 Å². The predicted octanol–water partition coefficient (Wildman–Crippen LogP) is 4.10. The molecule has 5 aromatic rings. The smallest absolute Gasteiger partial charge is 0.225 e. The van der Waals surface area contributed by atoms with E-state index in [9.17, 15) is 0 Å². The molecular weight excluding hydrogens is 462 g/mol. The van der Waals surface area contributed by atoms with Crippen LogP contribution in [0.4, 0.5) is 11.8 Å². The first kappa shape index (κ1) is 21.7. The summed E-state index contributed by atoms with van der Waals surface area (Å²) in [6.07, 6.45) is 13.8. The summed E-state index contributed by atoms with van der Waals surface area (Å²) in [5.41, 5.74) is 14.7. The predicted molar refractivity (Wildman–Crippen MR) is 144 cm³/mol. The fourth-order valence-corrected chi connectivity index (χ4v) is 5.41. The van der Waals surface area contributed by atoms with E-state index in [0.717, 1.165) is 66.5 Å². The average molecular weight is 490 g/mol. The quantitative estimate of drug-likeness (QED) is 0.396. The second-order valence-corrected chi connectivity index (χ2v) is 9.71. The maximum absolute atomic E-state index is 6.39. The molecule has 1 fully saturated rings. The first-order valence-electron chi connectivity index (χ1n) is 12.7. The molecule has 1 aliphatic carbocycles. The van der Waals surface area contributed by atoms with Crippen LogP contribution in [0.1, 0.15) is 41.6 Å². The summed E-state index contributed by atoms with van der Waals surface area (Å²) in [6.45, 7) is 2.78. The highest BCUT2D eigenvalue weighted by Gasteiger charge is 2.23.